The van der Waals surface area contributed by atoms with Crippen molar-refractivity contribution in [3.63, 3.8) is 0 Å². The van der Waals surface area contributed by atoms with Gasteiger partial charge in [-0.3, -0.25) is 9.89 Å². The van der Waals surface area contributed by atoms with E-state index in [9.17, 15) is 0 Å². The molecule has 2 aliphatic heterocycles. The maximum atomic E-state index is 5.74. The van der Waals surface area contributed by atoms with E-state index in [0.29, 0.717) is 6.04 Å². The number of benzene rings is 1. The van der Waals surface area contributed by atoms with E-state index >= 15 is 0 Å². The molecule has 1 aromatic heterocycles. The van der Waals surface area contributed by atoms with Crippen LogP contribution in [0, 0.1) is 0 Å². The molecule has 30 heavy (non-hydrogen) atoms. The summed E-state index contributed by atoms with van der Waals surface area (Å²) in [4.78, 5) is 7.37. The number of nitrogens with one attached hydrogen (secondary N) is 2. The fraction of sp³-hybridized carbons (Fsp3) is 0.542. The first-order valence-electron chi connectivity index (χ1n) is 11.3. The minimum absolute atomic E-state index is 0.265. The first-order valence-corrected chi connectivity index (χ1v) is 11.3. The average molecular weight is 411 g/mol. The quantitative estimate of drug-likeness (QED) is 0.517. The summed E-state index contributed by atoms with van der Waals surface area (Å²) in [5.74, 6) is 1.90. The highest BCUT2D eigenvalue weighted by atomic mass is 16.5. The first kappa shape index (κ1) is 20.9. The molecule has 6 heteroatoms. The molecule has 1 atom stereocenters. The smallest absolute Gasteiger partial charge is 0.191 e. The van der Waals surface area contributed by atoms with E-state index in [1.165, 1.54) is 5.56 Å². The Bertz CT molecular complexity index is 749. The zero-order valence-corrected chi connectivity index (χ0v) is 17.8. The van der Waals surface area contributed by atoms with Gasteiger partial charge in [-0.2, -0.15) is 0 Å². The lowest BCUT2D eigenvalue weighted by Crippen LogP contribution is -2.49. The summed E-state index contributed by atoms with van der Waals surface area (Å²) < 4.78 is 11.2. The van der Waals surface area contributed by atoms with Crippen LogP contribution in [0.25, 0.3) is 0 Å². The second-order valence-electron chi connectivity index (χ2n) is 8.26. The van der Waals surface area contributed by atoms with E-state index in [0.717, 1.165) is 83.2 Å². The van der Waals surface area contributed by atoms with Crippen molar-refractivity contribution in [2.45, 2.75) is 50.8 Å². The van der Waals surface area contributed by atoms with Crippen molar-refractivity contribution in [3.8, 4) is 0 Å². The van der Waals surface area contributed by atoms with Gasteiger partial charge in [-0.1, -0.05) is 30.3 Å². The van der Waals surface area contributed by atoms with Gasteiger partial charge in [0.25, 0.3) is 0 Å². The maximum absolute atomic E-state index is 5.74. The van der Waals surface area contributed by atoms with Crippen LogP contribution in [0.15, 0.2) is 58.1 Å². The van der Waals surface area contributed by atoms with Crippen molar-refractivity contribution in [2.24, 2.45) is 4.99 Å². The van der Waals surface area contributed by atoms with Gasteiger partial charge in [-0.05, 0) is 43.4 Å². The number of nitrogens with zero attached hydrogens (tertiary/aromatic N) is 2. The molecule has 2 N–H and O–H groups in total. The minimum Gasteiger partial charge on any atom is -0.469 e. The molecule has 0 saturated carbocycles. The molecular formula is C24H34N4O2. The van der Waals surface area contributed by atoms with Crippen molar-refractivity contribution < 1.29 is 9.15 Å². The minimum atomic E-state index is 0.265. The van der Waals surface area contributed by atoms with Crippen LogP contribution < -0.4 is 10.6 Å². The normalized spacial score (nSPS) is 21.1. The molecule has 3 heterocycles. The van der Waals surface area contributed by atoms with Crippen molar-refractivity contribution in [2.75, 3.05) is 32.8 Å². The predicted molar refractivity (Wildman–Crippen MR) is 120 cm³/mol. The number of guanidine groups is 1. The molecule has 162 valence electrons. The largest absolute Gasteiger partial charge is 0.469 e. The molecule has 0 amide bonds. The molecular weight excluding hydrogens is 376 g/mol. The van der Waals surface area contributed by atoms with Crippen LogP contribution in [-0.4, -0.2) is 55.8 Å². The molecule has 1 unspecified atom stereocenters. The van der Waals surface area contributed by atoms with E-state index < -0.39 is 0 Å². The molecule has 2 saturated heterocycles. The highest BCUT2D eigenvalue weighted by Gasteiger charge is 2.21. The molecule has 4 rings (SSSR count). The maximum Gasteiger partial charge on any atom is 0.191 e. The van der Waals surface area contributed by atoms with Gasteiger partial charge in [0, 0.05) is 45.2 Å². The Labute approximate surface area is 179 Å². The van der Waals surface area contributed by atoms with E-state index in [1.54, 1.807) is 6.26 Å². The number of furan rings is 1. The van der Waals surface area contributed by atoms with Crippen molar-refractivity contribution in [1.29, 1.82) is 0 Å². The van der Waals surface area contributed by atoms with E-state index in [-0.39, 0.29) is 6.10 Å². The fourth-order valence-electron chi connectivity index (χ4n) is 4.16. The topological polar surface area (TPSA) is 62.0 Å². The standard InChI is InChI=1S/C24H34N4O2/c1-2-6-20(7-3-1)19-28-14-11-21(12-15-28)27-24(26-18-23-9-5-17-30-23)25-13-10-22-8-4-16-29-22/h1-4,6-8,16,21,23H,5,9-15,17-19H2,(H2,25,26,27). The monoisotopic (exact) mass is 410 g/mol. The van der Waals surface area contributed by atoms with Crippen LogP contribution in [0.1, 0.15) is 37.0 Å². The van der Waals surface area contributed by atoms with Crippen LogP contribution in [0.5, 0.6) is 0 Å². The summed E-state index contributed by atoms with van der Waals surface area (Å²) >= 11 is 0. The number of hydrogen-bond donors (Lipinski definition) is 2. The van der Waals surface area contributed by atoms with Gasteiger partial charge in [0.15, 0.2) is 5.96 Å². The Balaban J connectivity index is 1.25. The lowest BCUT2D eigenvalue weighted by Gasteiger charge is -2.33. The second kappa shape index (κ2) is 11.2. The van der Waals surface area contributed by atoms with E-state index in [2.05, 4.69) is 45.9 Å². The van der Waals surface area contributed by atoms with E-state index in [1.807, 2.05) is 12.1 Å². The lowest BCUT2D eigenvalue weighted by atomic mass is 10.0. The summed E-state index contributed by atoms with van der Waals surface area (Å²) in [5, 5.41) is 7.16. The number of ether oxygens (including phenoxy) is 1. The van der Waals surface area contributed by atoms with Gasteiger partial charge in [0.2, 0.25) is 0 Å². The fourth-order valence-corrected chi connectivity index (χ4v) is 4.16. The van der Waals surface area contributed by atoms with Crippen LogP contribution >= 0.6 is 0 Å². The molecule has 0 radical (unpaired) electrons. The third-order valence-electron chi connectivity index (χ3n) is 5.90. The van der Waals surface area contributed by atoms with Crippen LogP contribution in [0.2, 0.25) is 0 Å². The number of likely N-dealkylation sites (tertiary alicyclic amines) is 1. The Morgan fingerprint density at radius 2 is 1.93 bits per heavy atom. The zero-order valence-electron chi connectivity index (χ0n) is 17.8. The van der Waals surface area contributed by atoms with Gasteiger partial charge in [-0.15, -0.1) is 0 Å². The molecule has 0 bridgehead atoms. The van der Waals surface area contributed by atoms with Crippen LogP contribution in [0.3, 0.4) is 0 Å². The SMILES string of the molecule is c1ccc(CN2CCC(NC(=NCC3CCCO3)NCCc3ccco3)CC2)cc1. The van der Waals surface area contributed by atoms with Gasteiger partial charge in [0.05, 0.1) is 18.9 Å². The average Bonchev–Trinajstić information content (AvgIpc) is 3.48. The summed E-state index contributed by atoms with van der Waals surface area (Å²) in [6.45, 7) is 5.65. The van der Waals surface area contributed by atoms with Crippen LogP contribution in [0.4, 0.5) is 0 Å². The Morgan fingerprint density at radius 1 is 1.07 bits per heavy atom. The number of hydrogen-bond acceptors (Lipinski definition) is 4. The van der Waals surface area contributed by atoms with Crippen LogP contribution in [-0.2, 0) is 17.7 Å². The summed E-state index contributed by atoms with van der Waals surface area (Å²) in [6.07, 6.45) is 7.36. The predicted octanol–water partition coefficient (Wildman–Crippen LogP) is 3.20. The summed E-state index contributed by atoms with van der Waals surface area (Å²) in [6, 6.07) is 15.1. The first-order chi connectivity index (χ1) is 14.8. The third-order valence-corrected chi connectivity index (χ3v) is 5.90. The summed E-state index contributed by atoms with van der Waals surface area (Å²) in [7, 11) is 0. The van der Waals surface area contributed by atoms with Gasteiger partial charge < -0.3 is 19.8 Å². The van der Waals surface area contributed by atoms with Crippen molar-refractivity contribution in [3.05, 3.63) is 60.1 Å². The lowest BCUT2D eigenvalue weighted by molar-refractivity contribution is 0.117. The van der Waals surface area contributed by atoms with Crippen molar-refractivity contribution >= 4 is 5.96 Å². The van der Waals surface area contributed by atoms with Gasteiger partial charge >= 0.3 is 0 Å². The number of aliphatic imine (C=N–C) groups is 1. The zero-order chi connectivity index (χ0) is 20.4. The number of piperidine rings is 1. The molecule has 2 aliphatic rings. The Morgan fingerprint density at radius 3 is 2.67 bits per heavy atom. The molecule has 0 spiro atoms. The molecule has 2 aromatic rings. The highest BCUT2D eigenvalue weighted by Crippen LogP contribution is 2.15. The highest BCUT2D eigenvalue weighted by molar-refractivity contribution is 5.80. The Kier molecular flexibility index (Phi) is 7.81. The van der Waals surface area contributed by atoms with E-state index in [4.69, 9.17) is 14.1 Å². The number of rotatable bonds is 8. The molecule has 1 aromatic carbocycles. The second-order valence-corrected chi connectivity index (χ2v) is 8.26. The van der Waals surface area contributed by atoms with Crippen molar-refractivity contribution in [1.82, 2.24) is 15.5 Å². The molecule has 6 nitrogen and oxygen atoms in total. The van der Waals surface area contributed by atoms with Gasteiger partial charge in [0.1, 0.15) is 5.76 Å². The third kappa shape index (κ3) is 6.61. The van der Waals surface area contributed by atoms with Gasteiger partial charge in [-0.25, -0.2) is 0 Å². The molecule has 0 aliphatic carbocycles. The molecule has 2 fully saturated rings. The summed E-state index contributed by atoms with van der Waals surface area (Å²) in [5.41, 5.74) is 1.39. The Hall–Kier alpha value is -2.31.